The lowest BCUT2D eigenvalue weighted by molar-refractivity contribution is 0.345. The highest BCUT2D eigenvalue weighted by atomic mass is 32.1. The van der Waals surface area contributed by atoms with Crippen LogP contribution in [0.15, 0.2) is 41.8 Å². The number of nitrogens with one attached hydrogen (secondary N) is 1. The summed E-state index contributed by atoms with van der Waals surface area (Å²) in [6.45, 7) is 0.752. The van der Waals surface area contributed by atoms with Crippen molar-refractivity contribution in [2.24, 2.45) is 5.73 Å². The molecule has 26 heavy (non-hydrogen) atoms. The van der Waals surface area contributed by atoms with Crippen LogP contribution in [-0.2, 0) is 6.42 Å². The maximum atomic E-state index is 5.87. The molecule has 0 amide bonds. The molecule has 0 atom stereocenters. The Bertz CT molecular complexity index is 873. The van der Waals surface area contributed by atoms with E-state index in [1.165, 1.54) is 0 Å². The molecule has 1 aromatic carbocycles. The number of nitrogen functional groups attached to an aromatic ring is 1. The van der Waals surface area contributed by atoms with Gasteiger partial charge in [0.15, 0.2) is 0 Å². The molecule has 2 aromatic heterocycles. The average Bonchev–Trinajstić information content (AvgIpc) is 3.08. The zero-order valence-electron chi connectivity index (χ0n) is 14.4. The van der Waals surface area contributed by atoms with Crippen LogP contribution >= 0.6 is 11.3 Å². The number of aromatic nitrogens is 3. The van der Waals surface area contributed by atoms with Crippen LogP contribution in [0.4, 0.5) is 11.8 Å². The summed E-state index contributed by atoms with van der Waals surface area (Å²) in [5.74, 6) is 1.49. The number of anilines is 2. The Kier molecular flexibility index (Phi) is 4.81. The highest BCUT2D eigenvalue weighted by Crippen LogP contribution is 2.35. The van der Waals surface area contributed by atoms with Crippen molar-refractivity contribution in [3.63, 3.8) is 0 Å². The van der Waals surface area contributed by atoms with Gasteiger partial charge in [0.1, 0.15) is 5.82 Å². The molecule has 5 N–H and O–H groups in total. The maximum Gasteiger partial charge on any atom is 0.222 e. The lowest BCUT2D eigenvalue weighted by Gasteiger charge is -2.32. The van der Waals surface area contributed by atoms with E-state index in [0.29, 0.717) is 11.9 Å². The second kappa shape index (κ2) is 7.39. The molecule has 1 aliphatic rings. The molecule has 3 aromatic rings. The van der Waals surface area contributed by atoms with Crippen LogP contribution in [0.3, 0.4) is 0 Å². The van der Waals surface area contributed by atoms with Gasteiger partial charge in [0.25, 0.3) is 0 Å². The van der Waals surface area contributed by atoms with E-state index in [4.69, 9.17) is 16.5 Å². The molecular formula is C19H22N6S. The van der Waals surface area contributed by atoms with Crippen molar-refractivity contribution in [1.29, 1.82) is 0 Å². The van der Waals surface area contributed by atoms with Gasteiger partial charge in [-0.1, -0.05) is 30.3 Å². The van der Waals surface area contributed by atoms with E-state index in [1.54, 1.807) is 11.3 Å². The van der Waals surface area contributed by atoms with Gasteiger partial charge in [-0.05, 0) is 12.8 Å². The van der Waals surface area contributed by atoms with Gasteiger partial charge >= 0.3 is 0 Å². The standard InChI is InChI=1S/C19H22N6S/c20-14-8-13(9-14)15-10-17(25-19(21)24-15)22-7-6-18-23-16(11-26-18)12-4-2-1-3-5-12/h1-5,10-11,13-14H,6-9,20H2,(H3,21,22,24,25). The average molecular weight is 366 g/mol. The van der Waals surface area contributed by atoms with Gasteiger partial charge in [-0.15, -0.1) is 11.3 Å². The van der Waals surface area contributed by atoms with Gasteiger partial charge in [0.2, 0.25) is 5.95 Å². The van der Waals surface area contributed by atoms with Crippen LogP contribution in [0.2, 0.25) is 0 Å². The molecule has 0 aliphatic heterocycles. The van der Waals surface area contributed by atoms with Crippen LogP contribution < -0.4 is 16.8 Å². The highest BCUT2D eigenvalue weighted by Gasteiger charge is 2.29. The second-order valence-corrected chi connectivity index (χ2v) is 7.58. The van der Waals surface area contributed by atoms with Gasteiger partial charge < -0.3 is 16.8 Å². The van der Waals surface area contributed by atoms with Crippen LogP contribution in [0.5, 0.6) is 0 Å². The summed E-state index contributed by atoms with van der Waals surface area (Å²) < 4.78 is 0. The SMILES string of the molecule is Nc1nc(NCCc2nc(-c3ccccc3)cs2)cc(C2CC(N)C2)n1. The van der Waals surface area contributed by atoms with E-state index < -0.39 is 0 Å². The van der Waals surface area contributed by atoms with Crippen molar-refractivity contribution in [2.75, 3.05) is 17.6 Å². The number of nitrogens with two attached hydrogens (primary N) is 2. The maximum absolute atomic E-state index is 5.87. The van der Waals surface area contributed by atoms with Gasteiger partial charge in [-0.25, -0.2) is 9.97 Å². The fourth-order valence-corrected chi connectivity index (χ4v) is 3.96. The molecule has 6 nitrogen and oxygen atoms in total. The first kappa shape index (κ1) is 16.9. The summed E-state index contributed by atoms with van der Waals surface area (Å²) in [5, 5.41) is 6.54. The number of hydrogen-bond acceptors (Lipinski definition) is 7. The Hall–Kier alpha value is -2.51. The summed E-state index contributed by atoms with van der Waals surface area (Å²) in [6, 6.07) is 12.5. The summed E-state index contributed by atoms with van der Waals surface area (Å²) in [6.07, 6.45) is 2.78. The number of hydrogen-bond donors (Lipinski definition) is 3. The Morgan fingerprint density at radius 1 is 1.12 bits per heavy atom. The first-order chi connectivity index (χ1) is 12.7. The lowest BCUT2D eigenvalue weighted by Crippen LogP contribution is -2.35. The Balaban J connectivity index is 1.36. The molecule has 4 rings (SSSR count). The minimum atomic E-state index is 0.288. The predicted molar refractivity (Wildman–Crippen MR) is 106 cm³/mol. The molecule has 0 spiro atoms. The molecule has 7 heteroatoms. The molecule has 0 radical (unpaired) electrons. The Labute approximate surface area is 156 Å². The normalized spacial score (nSPS) is 19.1. The largest absolute Gasteiger partial charge is 0.369 e. The van der Waals surface area contributed by atoms with E-state index in [9.17, 15) is 0 Å². The van der Waals surface area contributed by atoms with Crippen LogP contribution in [-0.4, -0.2) is 27.5 Å². The molecule has 134 valence electrons. The molecule has 2 heterocycles. The van der Waals surface area contributed by atoms with Gasteiger partial charge in [0, 0.05) is 41.9 Å². The number of benzene rings is 1. The molecule has 1 saturated carbocycles. The first-order valence-electron chi connectivity index (χ1n) is 8.81. The van der Waals surface area contributed by atoms with E-state index >= 15 is 0 Å². The molecule has 0 bridgehead atoms. The Morgan fingerprint density at radius 3 is 2.69 bits per heavy atom. The number of nitrogens with zero attached hydrogens (tertiary/aromatic N) is 3. The number of rotatable bonds is 6. The monoisotopic (exact) mass is 366 g/mol. The molecule has 1 fully saturated rings. The minimum Gasteiger partial charge on any atom is -0.369 e. The molecule has 0 saturated heterocycles. The zero-order valence-corrected chi connectivity index (χ0v) is 15.2. The van der Waals surface area contributed by atoms with Crippen molar-refractivity contribution >= 4 is 23.1 Å². The van der Waals surface area contributed by atoms with Gasteiger partial charge in [-0.3, -0.25) is 0 Å². The van der Waals surface area contributed by atoms with Crippen molar-refractivity contribution in [3.05, 3.63) is 52.5 Å². The summed E-state index contributed by atoms with van der Waals surface area (Å²) in [4.78, 5) is 13.4. The summed E-state index contributed by atoms with van der Waals surface area (Å²) >= 11 is 1.68. The van der Waals surface area contributed by atoms with E-state index in [1.807, 2.05) is 24.3 Å². The van der Waals surface area contributed by atoms with Gasteiger partial charge in [0.05, 0.1) is 16.4 Å². The van der Waals surface area contributed by atoms with E-state index in [0.717, 1.165) is 53.6 Å². The fourth-order valence-electron chi connectivity index (χ4n) is 3.15. The highest BCUT2D eigenvalue weighted by molar-refractivity contribution is 7.09. The third kappa shape index (κ3) is 3.84. The molecule has 0 unspecified atom stereocenters. The topological polar surface area (TPSA) is 103 Å². The van der Waals surface area contributed by atoms with Crippen LogP contribution in [0.1, 0.15) is 29.5 Å². The minimum absolute atomic E-state index is 0.288. The van der Waals surface area contributed by atoms with Crippen LogP contribution in [0.25, 0.3) is 11.3 Å². The van der Waals surface area contributed by atoms with E-state index in [2.05, 4.69) is 32.8 Å². The van der Waals surface area contributed by atoms with Crippen molar-refractivity contribution in [1.82, 2.24) is 15.0 Å². The summed E-state index contributed by atoms with van der Waals surface area (Å²) in [7, 11) is 0. The number of thiazole rings is 1. The Morgan fingerprint density at radius 2 is 1.92 bits per heavy atom. The van der Waals surface area contributed by atoms with Crippen molar-refractivity contribution < 1.29 is 0 Å². The smallest absolute Gasteiger partial charge is 0.222 e. The van der Waals surface area contributed by atoms with Gasteiger partial charge in [-0.2, -0.15) is 4.98 Å². The summed E-state index contributed by atoms with van der Waals surface area (Å²) in [5.41, 5.74) is 14.9. The third-order valence-corrected chi connectivity index (χ3v) is 5.53. The molecular weight excluding hydrogens is 344 g/mol. The second-order valence-electron chi connectivity index (χ2n) is 6.63. The predicted octanol–water partition coefficient (Wildman–Crippen LogP) is 3.04. The zero-order chi connectivity index (χ0) is 17.9. The van der Waals surface area contributed by atoms with E-state index in [-0.39, 0.29) is 6.04 Å². The lowest BCUT2D eigenvalue weighted by atomic mass is 9.78. The van der Waals surface area contributed by atoms with Crippen molar-refractivity contribution in [3.8, 4) is 11.3 Å². The third-order valence-electron chi connectivity index (χ3n) is 4.62. The van der Waals surface area contributed by atoms with Crippen LogP contribution in [0, 0.1) is 0 Å². The fraction of sp³-hybridized carbons (Fsp3) is 0.316. The van der Waals surface area contributed by atoms with Crippen molar-refractivity contribution in [2.45, 2.75) is 31.2 Å². The molecule has 1 aliphatic carbocycles. The first-order valence-corrected chi connectivity index (χ1v) is 9.69. The quantitative estimate of drug-likeness (QED) is 0.620.